The summed E-state index contributed by atoms with van der Waals surface area (Å²) >= 11 is 0. The van der Waals surface area contributed by atoms with Gasteiger partial charge in [0.25, 0.3) is 0 Å². The van der Waals surface area contributed by atoms with Crippen LogP contribution in [0, 0.1) is 11.8 Å². The number of imide groups is 1. The third-order valence-electron chi connectivity index (χ3n) is 5.05. The summed E-state index contributed by atoms with van der Waals surface area (Å²) in [5.74, 6) is 0.0580. The van der Waals surface area contributed by atoms with Crippen molar-refractivity contribution in [2.75, 3.05) is 13.7 Å². The molecule has 0 radical (unpaired) electrons. The van der Waals surface area contributed by atoms with Gasteiger partial charge in [-0.1, -0.05) is 30.4 Å². The number of ether oxygens (including phenoxy) is 1. The molecular formula is C20H24N2O4. The molecule has 1 aromatic carbocycles. The fraction of sp³-hybridized carbons (Fsp3) is 0.450. The van der Waals surface area contributed by atoms with Crippen molar-refractivity contribution in [3.05, 3.63) is 42.0 Å². The van der Waals surface area contributed by atoms with E-state index in [4.69, 9.17) is 4.74 Å². The monoisotopic (exact) mass is 356 g/mol. The van der Waals surface area contributed by atoms with Crippen molar-refractivity contribution >= 4 is 17.7 Å². The summed E-state index contributed by atoms with van der Waals surface area (Å²) in [7, 11) is 1.60. The molecule has 2 atom stereocenters. The number of rotatable bonds is 7. The second-order valence-electron chi connectivity index (χ2n) is 6.68. The Hall–Kier alpha value is -2.63. The van der Waals surface area contributed by atoms with Crippen LogP contribution in [0.25, 0.3) is 0 Å². The van der Waals surface area contributed by atoms with Gasteiger partial charge in [0.15, 0.2) is 0 Å². The maximum atomic E-state index is 12.4. The van der Waals surface area contributed by atoms with Gasteiger partial charge < -0.3 is 10.1 Å². The van der Waals surface area contributed by atoms with Crippen molar-refractivity contribution in [1.29, 1.82) is 0 Å². The summed E-state index contributed by atoms with van der Waals surface area (Å²) in [4.78, 5) is 38.1. The summed E-state index contributed by atoms with van der Waals surface area (Å²) in [5.41, 5.74) is 0.907. The van der Waals surface area contributed by atoms with E-state index >= 15 is 0 Å². The summed E-state index contributed by atoms with van der Waals surface area (Å²) in [6, 6.07) is 7.51. The lowest BCUT2D eigenvalue weighted by atomic mass is 9.85. The number of fused-ring (bicyclic) bond motifs is 1. The molecule has 6 nitrogen and oxygen atoms in total. The standard InChI is InChI=1S/C20H24N2O4/c1-26-17-10-5-2-7-14(17)13-21-18(23)11-6-12-22-19(24)15-8-3-4-9-16(15)20(22)25/h2-5,7,10,15-16H,6,8-9,11-13H2,1H3,(H,21,23). The summed E-state index contributed by atoms with van der Waals surface area (Å²) < 4.78 is 5.26. The Morgan fingerprint density at radius 1 is 1.15 bits per heavy atom. The van der Waals surface area contributed by atoms with E-state index < -0.39 is 0 Å². The van der Waals surface area contributed by atoms with Gasteiger partial charge in [-0.15, -0.1) is 0 Å². The predicted molar refractivity (Wildman–Crippen MR) is 96.1 cm³/mol. The minimum absolute atomic E-state index is 0.0845. The van der Waals surface area contributed by atoms with E-state index in [1.807, 2.05) is 36.4 Å². The molecule has 0 aromatic heterocycles. The number of hydrogen-bond acceptors (Lipinski definition) is 4. The van der Waals surface area contributed by atoms with Crippen molar-refractivity contribution in [2.45, 2.75) is 32.2 Å². The Labute approximate surface area is 153 Å². The maximum absolute atomic E-state index is 12.4. The first kappa shape index (κ1) is 18.2. The van der Waals surface area contributed by atoms with Crippen molar-refractivity contribution in [2.24, 2.45) is 11.8 Å². The molecule has 1 saturated heterocycles. The van der Waals surface area contributed by atoms with Gasteiger partial charge in [0.05, 0.1) is 18.9 Å². The summed E-state index contributed by atoms with van der Waals surface area (Å²) in [6.07, 6.45) is 5.99. The van der Waals surface area contributed by atoms with Crippen molar-refractivity contribution in [3.63, 3.8) is 0 Å². The Kier molecular flexibility index (Phi) is 5.71. The highest BCUT2D eigenvalue weighted by molar-refractivity contribution is 6.05. The molecule has 1 aromatic rings. The van der Waals surface area contributed by atoms with Crippen LogP contribution >= 0.6 is 0 Å². The van der Waals surface area contributed by atoms with Gasteiger partial charge in [-0.2, -0.15) is 0 Å². The minimum atomic E-state index is -0.202. The molecule has 1 aliphatic heterocycles. The number of benzene rings is 1. The SMILES string of the molecule is COc1ccccc1CNC(=O)CCCN1C(=O)C2CC=CCC2C1=O. The van der Waals surface area contributed by atoms with Gasteiger partial charge in [-0.25, -0.2) is 0 Å². The van der Waals surface area contributed by atoms with E-state index in [0.717, 1.165) is 11.3 Å². The topological polar surface area (TPSA) is 75.7 Å². The van der Waals surface area contributed by atoms with E-state index in [1.54, 1.807) is 7.11 Å². The van der Waals surface area contributed by atoms with E-state index in [1.165, 1.54) is 4.90 Å². The highest BCUT2D eigenvalue weighted by Crippen LogP contribution is 2.35. The predicted octanol–water partition coefficient (Wildman–Crippen LogP) is 2.04. The van der Waals surface area contributed by atoms with Crippen LogP contribution in [0.2, 0.25) is 0 Å². The smallest absolute Gasteiger partial charge is 0.233 e. The number of nitrogens with zero attached hydrogens (tertiary/aromatic N) is 1. The fourth-order valence-electron chi connectivity index (χ4n) is 3.62. The third-order valence-corrected chi connectivity index (χ3v) is 5.05. The molecule has 2 aliphatic rings. The van der Waals surface area contributed by atoms with E-state index in [0.29, 0.717) is 32.4 Å². The number of allylic oxidation sites excluding steroid dienone is 2. The lowest BCUT2D eigenvalue weighted by molar-refractivity contribution is -0.140. The summed E-state index contributed by atoms with van der Waals surface area (Å²) in [5, 5.41) is 2.85. The van der Waals surface area contributed by atoms with Crippen LogP contribution in [0.1, 0.15) is 31.2 Å². The van der Waals surface area contributed by atoms with Crippen molar-refractivity contribution < 1.29 is 19.1 Å². The minimum Gasteiger partial charge on any atom is -0.496 e. The molecule has 2 unspecified atom stereocenters. The van der Waals surface area contributed by atoms with Crippen LogP contribution in [0.15, 0.2) is 36.4 Å². The molecule has 1 aliphatic carbocycles. The lowest BCUT2D eigenvalue weighted by Gasteiger charge is -2.14. The molecule has 3 rings (SSSR count). The zero-order valence-corrected chi connectivity index (χ0v) is 14.9. The van der Waals surface area contributed by atoms with Crippen LogP contribution in [-0.4, -0.2) is 36.3 Å². The molecule has 6 heteroatoms. The third kappa shape index (κ3) is 3.79. The average molecular weight is 356 g/mol. The molecule has 1 fully saturated rings. The Morgan fingerprint density at radius 3 is 2.46 bits per heavy atom. The quantitative estimate of drug-likeness (QED) is 0.599. The van der Waals surface area contributed by atoms with Gasteiger partial charge in [-0.05, 0) is 25.3 Å². The number of amides is 3. The number of nitrogens with one attached hydrogen (secondary N) is 1. The van der Waals surface area contributed by atoms with Gasteiger partial charge in [0.1, 0.15) is 5.75 Å². The molecule has 0 saturated carbocycles. The first-order valence-electron chi connectivity index (χ1n) is 9.00. The van der Waals surface area contributed by atoms with E-state index in [9.17, 15) is 14.4 Å². The van der Waals surface area contributed by atoms with E-state index in [2.05, 4.69) is 5.32 Å². The van der Waals surface area contributed by atoms with Gasteiger partial charge >= 0.3 is 0 Å². The van der Waals surface area contributed by atoms with Crippen LogP contribution < -0.4 is 10.1 Å². The average Bonchev–Trinajstić information content (AvgIpc) is 2.91. The molecular weight excluding hydrogens is 332 g/mol. The van der Waals surface area contributed by atoms with Crippen molar-refractivity contribution in [1.82, 2.24) is 10.2 Å². The highest BCUT2D eigenvalue weighted by atomic mass is 16.5. The van der Waals surface area contributed by atoms with Gasteiger partial charge in [0, 0.05) is 25.1 Å². The normalized spacial score (nSPS) is 21.7. The Balaban J connectivity index is 1.44. The number of carbonyl (C=O) groups is 3. The van der Waals surface area contributed by atoms with Crippen LogP contribution in [-0.2, 0) is 20.9 Å². The lowest BCUT2D eigenvalue weighted by Crippen LogP contribution is -2.33. The fourth-order valence-corrected chi connectivity index (χ4v) is 3.62. The summed E-state index contributed by atoms with van der Waals surface area (Å²) in [6.45, 7) is 0.701. The maximum Gasteiger partial charge on any atom is 0.233 e. The molecule has 26 heavy (non-hydrogen) atoms. The number of methoxy groups -OCH3 is 1. The molecule has 3 amide bonds. The number of hydrogen-bond donors (Lipinski definition) is 1. The van der Waals surface area contributed by atoms with Crippen LogP contribution in [0.4, 0.5) is 0 Å². The van der Waals surface area contributed by atoms with E-state index in [-0.39, 0.29) is 36.0 Å². The van der Waals surface area contributed by atoms with Gasteiger partial charge in [-0.3, -0.25) is 19.3 Å². The highest BCUT2D eigenvalue weighted by Gasteiger charge is 2.46. The number of carbonyl (C=O) groups excluding carboxylic acids is 3. The molecule has 0 spiro atoms. The molecule has 0 bridgehead atoms. The first-order valence-corrected chi connectivity index (χ1v) is 9.00. The Bertz CT molecular complexity index is 702. The molecule has 138 valence electrons. The molecule has 1 N–H and O–H groups in total. The second kappa shape index (κ2) is 8.17. The molecule has 1 heterocycles. The zero-order valence-electron chi connectivity index (χ0n) is 14.9. The Morgan fingerprint density at radius 2 is 1.81 bits per heavy atom. The van der Waals surface area contributed by atoms with Crippen LogP contribution in [0.5, 0.6) is 5.75 Å². The van der Waals surface area contributed by atoms with Crippen LogP contribution in [0.3, 0.4) is 0 Å². The first-order chi connectivity index (χ1) is 12.6. The largest absolute Gasteiger partial charge is 0.496 e. The van der Waals surface area contributed by atoms with Gasteiger partial charge in [0.2, 0.25) is 17.7 Å². The zero-order chi connectivity index (χ0) is 18.5. The number of likely N-dealkylation sites (tertiary alicyclic amines) is 1. The second-order valence-corrected chi connectivity index (χ2v) is 6.68. The number of para-hydroxylation sites is 1. The van der Waals surface area contributed by atoms with Crippen molar-refractivity contribution in [3.8, 4) is 5.75 Å².